The number of quaternary nitrogens is 1. The topological polar surface area (TPSA) is 108 Å². The minimum absolute atomic E-state index is 0.0163. The molecule has 0 aromatic carbocycles. The highest BCUT2D eigenvalue weighted by Crippen LogP contribution is 2.38. The molecule has 0 aromatic rings. The van der Waals surface area contributed by atoms with Gasteiger partial charge in [0, 0.05) is 6.42 Å². The largest absolute Gasteiger partial charge is 0.756 e. The average Bonchev–Trinajstić information content (AvgIpc) is 3.15. The van der Waals surface area contributed by atoms with E-state index in [9.17, 15) is 19.4 Å². The summed E-state index contributed by atoms with van der Waals surface area (Å²) < 4.78 is 23.3. The van der Waals surface area contributed by atoms with Gasteiger partial charge in [0.2, 0.25) is 5.91 Å². The Morgan fingerprint density at radius 2 is 0.875 bits per heavy atom. The fourth-order valence-electron chi connectivity index (χ4n) is 7.45. The predicted molar refractivity (Wildman–Crippen MR) is 238 cm³/mol. The molecule has 0 aromatic heterocycles. The lowest BCUT2D eigenvalue weighted by Crippen LogP contribution is -2.46. The van der Waals surface area contributed by atoms with Crippen LogP contribution in [0.4, 0.5) is 0 Å². The van der Waals surface area contributed by atoms with Crippen molar-refractivity contribution in [1.82, 2.24) is 5.32 Å². The molecule has 2 N–H and O–H groups in total. The number of aliphatic hydroxyl groups excluding tert-OH is 1. The minimum Gasteiger partial charge on any atom is -0.756 e. The van der Waals surface area contributed by atoms with Crippen molar-refractivity contribution in [3.63, 3.8) is 0 Å². The molecule has 0 aliphatic carbocycles. The SMILES string of the molecule is CCCCCCCCCCCCCCCCCCCCCCC(O)C(COP(=O)([O-])OCC[N+](C)(C)C)NC(=O)CCCCCCCCCCCCCCCC. The van der Waals surface area contributed by atoms with E-state index >= 15 is 0 Å². The van der Waals surface area contributed by atoms with Gasteiger partial charge in [-0.15, -0.1) is 0 Å². The number of aliphatic hydroxyl groups is 1. The molecule has 0 aliphatic rings. The van der Waals surface area contributed by atoms with Crippen molar-refractivity contribution in [3.05, 3.63) is 0 Å². The Morgan fingerprint density at radius 1 is 0.554 bits per heavy atom. The standard InChI is InChI=1S/C47H97N2O6P/c1-6-8-10-12-14-16-18-20-22-23-24-25-26-27-28-30-32-34-36-38-40-46(50)45(44-55-56(52,53)54-43-42-49(3,4)5)48-47(51)41-39-37-35-33-31-29-21-19-17-15-13-11-9-7-2/h45-46,50H,6-44H2,1-5H3,(H-,48,51,52,53). The molecular weight excluding hydrogens is 719 g/mol. The molecule has 8 nitrogen and oxygen atoms in total. The third kappa shape index (κ3) is 41.7. The number of carbonyl (C=O) groups is 1. The van der Waals surface area contributed by atoms with Crippen LogP contribution in [0.15, 0.2) is 0 Å². The van der Waals surface area contributed by atoms with E-state index in [0.29, 0.717) is 23.9 Å². The Morgan fingerprint density at radius 3 is 1.21 bits per heavy atom. The van der Waals surface area contributed by atoms with Gasteiger partial charge in [0.1, 0.15) is 13.2 Å². The van der Waals surface area contributed by atoms with Crippen molar-refractivity contribution >= 4 is 13.7 Å². The highest BCUT2D eigenvalue weighted by atomic mass is 31.2. The van der Waals surface area contributed by atoms with Crippen molar-refractivity contribution in [1.29, 1.82) is 0 Å². The van der Waals surface area contributed by atoms with Crippen molar-refractivity contribution in [3.8, 4) is 0 Å². The number of amides is 1. The van der Waals surface area contributed by atoms with E-state index < -0.39 is 20.0 Å². The number of phosphoric ester groups is 1. The van der Waals surface area contributed by atoms with Crippen LogP contribution in [-0.4, -0.2) is 68.5 Å². The zero-order valence-corrected chi connectivity index (χ0v) is 39.0. The molecule has 0 rings (SSSR count). The third-order valence-corrected chi connectivity index (χ3v) is 12.3. The van der Waals surface area contributed by atoms with E-state index in [1.54, 1.807) is 0 Å². The molecule has 0 aliphatic heterocycles. The van der Waals surface area contributed by atoms with Crippen LogP contribution < -0.4 is 10.2 Å². The second-order valence-corrected chi connectivity index (χ2v) is 19.6. The van der Waals surface area contributed by atoms with E-state index in [2.05, 4.69) is 19.2 Å². The Labute approximate surface area is 349 Å². The van der Waals surface area contributed by atoms with E-state index in [1.807, 2.05) is 21.1 Å². The number of rotatable bonds is 45. The maximum atomic E-state index is 12.9. The molecule has 336 valence electrons. The molecule has 0 saturated heterocycles. The predicted octanol–water partition coefficient (Wildman–Crippen LogP) is 13.1. The fraction of sp³-hybridized carbons (Fsp3) is 0.979. The second kappa shape index (κ2) is 39.9. The summed E-state index contributed by atoms with van der Waals surface area (Å²) in [5, 5.41) is 13.9. The average molecular weight is 817 g/mol. The van der Waals surface area contributed by atoms with Gasteiger partial charge in [-0.05, 0) is 12.8 Å². The van der Waals surface area contributed by atoms with Gasteiger partial charge in [0.05, 0.1) is 39.9 Å². The quantitative estimate of drug-likeness (QED) is 0.0360. The van der Waals surface area contributed by atoms with Gasteiger partial charge in [-0.1, -0.05) is 226 Å². The summed E-state index contributed by atoms with van der Waals surface area (Å²) >= 11 is 0. The zero-order valence-electron chi connectivity index (χ0n) is 38.1. The summed E-state index contributed by atoms with van der Waals surface area (Å²) in [6.45, 7) is 4.75. The smallest absolute Gasteiger partial charge is 0.268 e. The Balaban J connectivity index is 4.25. The first-order chi connectivity index (χ1) is 27.0. The summed E-state index contributed by atoms with van der Waals surface area (Å²) in [7, 11) is 1.32. The van der Waals surface area contributed by atoms with Crippen LogP contribution in [0.25, 0.3) is 0 Å². The first-order valence-corrected chi connectivity index (χ1v) is 25.8. The summed E-state index contributed by atoms with van der Waals surface area (Å²) in [5.74, 6) is -0.160. The lowest BCUT2D eigenvalue weighted by molar-refractivity contribution is -0.870. The van der Waals surface area contributed by atoms with Crippen LogP contribution in [0.5, 0.6) is 0 Å². The van der Waals surface area contributed by atoms with Crippen LogP contribution >= 0.6 is 7.82 Å². The van der Waals surface area contributed by atoms with Crippen LogP contribution in [-0.2, 0) is 18.4 Å². The Bertz CT molecular complexity index is 885. The van der Waals surface area contributed by atoms with Gasteiger partial charge >= 0.3 is 0 Å². The van der Waals surface area contributed by atoms with Gasteiger partial charge in [0.25, 0.3) is 7.82 Å². The maximum absolute atomic E-state index is 12.9. The van der Waals surface area contributed by atoms with Crippen LogP contribution in [0.2, 0.25) is 0 Å². The second-order valence-electron chi connectivity index (χ2n) is 18.2. The number of hydrogen-bond acceptors (Lipinski definition) is 6. The first-order valence-electron chi connectivity index (χ1n) is 24.4. The maximum Gasteiger partial charge on any atom is 0.268 e. The van der Waals surface area contributed by atoms with E-state index in [0.717, 1.165) is 38.5 Å². The molecule has 0 heterocycles. The highest BCUT2D eigenvalue weighted by Gasteiger charge is 2.24. The molecule has 9 heteroatoms. The van der Waals surface area contributed by atoms with Crippen molar-refractivity contribution in [2.75, 3.05) is 40.9 Å². The minimum atomic E-state index is -4.56. The normalized spacial score (nSPS) is 14.2. The van der Waals surface area contributed by atoms with Crippen LogP contribution in [0.1, 0.15) is 245 Å². The Kier molecular flexibility index (Phi) is 39.6. The van der Waals surface area contributed by atoms with Crippen molar-refractivity contribution < 1.29 is 32.9 Å². The summed E-state index contributed by atoms with van der Waals surface area (Å²) in [5.41, 5.74) is 0. The Hall–Kier alpha value is -0.500. The number of carbonyl (C=O) groups excluding carboxylic acids is 1. The fourth-order valence-corrected chi connectivity index (χ4v) is 8.18. The molecule has 0 radical (unpaired) electrons. The highest BCUT2D eigenvalue weighted by molar-refractivity contribution is 7.45. The van der Waals surface area contributed by atoms with Gasteiger partial charge in [0.15, 0.2) is 0 Å². The summed E-state index contributed by atoms with van der Waals surface area (Å²) in [6.07, 6.45) is 43.9. The zero-order chi connectivity index (χ0) is 41.4. The third-order valence-electron chi connectivity index (χ3n) is 11.3. The molecule has 0 spiro atoms. The lowest BCUT2D eigenvalue weighted by Gasteiger charge is -2.30. The van der Waals surface area contributed by atoms with Crippen LogP contribution in [0.3, 0.4) is 0 Å². The molecule has 3 atom stereocenters. The van der Waals surface area contributed by atoms with Gasteiger partial charge in [-0.2, -0.15) is 0 Å². The number of unbranched alkanes of at least 4 members (excludes halogenated alkanes) is 32. The first kappa shape index (κ1) is 55.5. The van der Waals surface area contributed by atoms with Crippen molar-refractivity contribution in [2.45, 2.75) is 257 Å². The number of nitrogens with one attached hydrogen (secondary N) is 1. The molecule has 0 fully saturated rings. The van der Waals surface area contributed by atoms with Gasteiger partial charge < -0.3 is 28.8 Å². The van der Waals surface area contributed by atoms with Gasteiger partial charge in [-0.3, -0.25) is 9.36 Å². The molecule has 56 heavy (non-hydrogen) atoms. The van der Waals surface area contributed by atoms with E-state index in [4.69, 9.17) is 9.05 Å². The molecule has 3 unspecified atom stereocenters. The monoisotopic (exact) mass is 817 g/mol. The summed E-state index contributed by atoms with van der Waals surface area (Å²) in [6, 6.07) is -0.793. The number of hydrogen-bond donors (Lipinski definition) is 2. The number of phosphoric acid groups is 1. The number of likely N-dealkylation sites (N-methyl/N-ethyl adjacent to an activating group) is 1. The molecule has 1 amide bonds. The van der Waals surface area contributed by atoms with Crippen molar-refractivity contribution in [2.24, 2.45) is 0 Å². The molecule has 0 bridgehead atoms. The van der Waals surface area contributed by atoms with Crippen LogP contribution in [0, 0.1) is 0 Å². The van der Waals surface area contributed by atoms with E-state index in [1.165, 1.54) is 180 Å². The molecule has 0 saturated carbocycles. The van der Waals surface area contributed by atoms with E-state index in [-0.39, 0.29) is 19.1 Å². The summed E-state index contributed by atoms with van der Waals surface area (Å²) in [4.78, 5) is 25.4. The lowest BCUT2D eigenvalue weighted by atomic mass is 10.0. The molecular formula is C47H97N2O6P. The van der Waals surface area contributed by atoms with Gasteiger partial charge in [-0.25, -0.2) is 0 Å². The number of nitrogens with zero attached hydrogens (tertiary/aromatic N) is 1.